The zero-order valence-corrected chi connectivity index (χ0v) is 17.4. The number of carbonyl (C=O) groups is 2. The highest BCUT2D eigenvalue weighted by molar-refractivity contribution is 7.89. The molecule has 1 aromatic rings. The van der Waals surface area contributed by atoms with E-state index < -0.39 is 19.8 Å². The number of hydrogen-bond acceptors (Lipinski definition) is 5. The lowest BCUT2D eigenvalue weighted by Gasteiger charge is -2.35. The summed E-state index contributed by atoms with van der Waals surface area (Å²) < 4.78 is 31.5. The summed E-state index contributed by atoms with van der Waals surface area (Å²) in [6.07, 6.45) is 0.392. The Morgan fingerprint density at radius 3 is 2.46 bits per heavy atom. The van der Waals surface area contributed by atoms with Gasteiger partial charge < -0.3 is 15.0 Å². The van der Waals surface area contributed by atoms with Crippen LogP contribution in [0, 0.1) is 5.41 Å². The van der Waals surface area contributed by atoms with Crippen LogP contribution in [0.5, 0.6) is 5.75 Å². The monoisotopic (exact) mass is 447 g/mol. The van der Waals surface area contributed by atoms with E-state index >= 15 is 0 Å². The molecule has 2 amide bonds. The van der Waals surface area contributed by atoms with Crippen molar-refractivity contribution < 1.29 is 22.7 Å². The summed E-state index contributed by atoms with van der Waals surface area (Å²) in [6.45, 7) is 2.50. The second-order valence-electron chi connectivity index (χ2n) is 7.40. The van der Waals surface area contributed by atoms with Crippen molar-refractivity contribution in [3.63, 3.8) is 0 Å². The zero-order valence-electron chi connectivity index (χ0n) is 15.1. The van der Waals surface area contributed by atoms with Crippen molar-refractivity contribution in [2.24, 2.45) is 5.41 Å². The Labute approximate surface area is 172 Å². The largest absolute Gasteiger partial charge is 0.482 e. The Bertz CT molecular complexity index is 960. The molecule has 1 atom stereocenters. The molecular formula is C17H19Cl2N3O5S. The molecule has 0 radical (unpaired) electrons. The van der Waals surface area contributed by atoms with Crippen molar-refractivity contribution in [1.82, 2.24) is 9.21 Å². The summed E-state index contributed by atoms with van der Waals surface area (Å²) in [4.78, 5) is 25.8. The summed E-state index contributed by atoms with van der Waals surface area (Å²) in [5.41, 5.74) is -0.484. The number of carbonyl (C=O) groups excluding carboxylic acids is 2. The lowest BCUT2D eigenvalue weighted by atomic mass is 10.1. The Morgan fingerprint density at radius 2 is 1.86 bits per heavy atom. The van der Waals surface area contributed by atoms with Crippen LogP contribution in [-0.4, -0.2) is 66.6 Å². The van der Waals surface area contributed by atoms with Gasteiger partial charge in [0.05, 0.1) is 16.0 Å². The molecule has 2 aliphatic heterocycles. The summed E-state index contributed by atoms with van der Waals surface area (Å²) in [5, 5.41) is 2.60. The number of ether oxygens (including phenoxy) is 1. The predicted molar refractivity (Wildman–Crippen MR) is 103 cm³/mol. The van der Waals surface area contributed by atoms with E-state index in [0.29, 0.717) is 17.9 Å². The molecule has 1 N–H and O–H groups in total. The average Bonchev–Trinajstić information content (AvgIpc) is 3.19. The minimum atomic E-state index is -3.77. The number of benzene rings is 1. The second kappa shape index (κ2) is 6.48. The fraction of sp³-hybridized carbons (Fsp3) is 0.529. The molecule has 28 heavy (non-hydrogen) atoms. The molecule has 1 saturated carbocycles. The molecule has 2 heterocycles. The maximum atomic E-state index is 13.0. The number of nitrogens with zero attached hydrogens (tertiary/aromatic N) is 2. The van der Waals surface area contributed by atoms with Crippen LogP contribution < -0.4 is 10.1 Å². The van der Waals surface area contributed by atoms with E-state index in [1.54, 1.807) is 11.8 Å². The number of anilines is 1. The number of amides is 2. The van der Waals surface area contributed by atoms with Crippen molar-refractivity contribution in [1.29, 1.82) is 0 Å². The molecule has 2 fully saturated rings. The molecule has 0 spiro atoms. The van der Waals surface area contributed by atoms with Crippen molar-refractivity contribution >= 4 is 50.7 Å². The molecule has 0 bridgehead atoms. The Kier molecular flexibility index (Phi) is 4.57. The molecule has 1 saturated heterocycles. The van der Waals surface area contributed by atoms with Gasteiger partial charge in [-0.15, -0.1) is 23.2 Å². The van der Waals surface area contributed by atoms with Crippen LogP contribution in [0.15, 0.2) is 23.1 Å². The number of sulfonamides is 1. The van der Waals surface area contributed by atoms with E-state index in [-0.39, 0.29) is 49.5 Å². The van der Waals surface area contributed by atoms with E-state index in [1.807, 2.05) is 0 Å². The SMILES string of the molecule is C[C@@]1(C(=O)N2CCN(S(=O)(=O)c3ccc4c(c3)NC(=O)CO4)CC2)CC1(Cl)Cl. The maximum Gasteiger partial charge on any atom is 0.262 e. The van der Waals surface area contributed by atoms with Crippen molar-refractivity contribution in [2.75, 3.05) is 38.1 Å². The molecule has 1 aliphatic carbocycles. The molecule has 11 heteroatoms. The summed E-state index contributed by atoms with van der Waals surface area (Å²) in [6, 6.07) is 4.36. The summed E-state index contributed by atoms with van der Waals surface area (Å²) in [7, 11) is -3.77. The molecule has 0 aromatic heterocycles. The first-order valence-corrected chi connectivity index (χ1v) is 11.0. The van der Waals surface area contributed by atoms with E-state index in [1.165, 1.54) is 22.5 Å². The molecule has 0 unspecified atom stereocenters. The van der Waals surface area contributed by atoms with Crippen molar-refractivity contribution in [2.45, 2.75) is 22.6 Å². The van der Waals surface area contributed by atoms with E-state index in [2.05, 4.69) is 5.32 Å². The first-order valence-electron chi connectivity index (χ1n) is 8.79. The van der Waals surface area contributed by atoms with Crippen LogP contribution in [0.2, 0.25) is 0 Å². The number of piperazine rings is 1. The summed E-state index contributed by atoms with van der Waals surface area (Å²) >= 11 is 12.2. The second-order valence-corrected chi connectivity index (χ2v) is 10.8. The van der Waals surface area contributed by atoms with Gasteiger partial charge in [-0.25, -0.2) is 8.42 Å². The quantitative estimate of drug-likeness (QED) is 0.706. The Hall–Kier alpha value is -1.55. The molecule has 152 valence electrons. The van der Waals surface area contributed by atoms with Gasteiger partial charge in [-0.1, -0.05) is 0 Å². The average molecular weight is 448 g/mol. The van der Waals surface area contributed by atoms with Crippen molar-refractivity contribution in [3.05, 3.63) is 18.2 Å². The first-order chi connectivity index (χ1) is 13.0. The van der Waals surface area contributed by atoms with Crippen LogP contribution in [0.25, 0.3) is 0 Å². The standard InChI is InChI=1S/C17H19Cl2N3O5S/c1-16(10-17(16,18)19)15(24)21-4-6-22(7-5-21)28(25,26)11-2-3-13-12(8-11)20-14(23)9-27-13/h2-3,8H,4-7,9-10H2,1H3,(H,20,23)/t16-/m0/s1. The molecule has 4 rings (SSSR count). The van der Waals surface area contributed by atoms with E-state index in [4.69, 9.17) is 27.9 Å². The highest BCUT2D eigenvalue weighted by atomic mass is 35.5. The van der Waals surface area contributed by atoms with Crippen LogP contribution in [0.1, 0.15) is 13.3 Å². The fourth-order valence-electron chi connectivity index (χ4n) is 3.48. The highest BCUT2D eigenvalue weighted by Crippen LogP contribution is 2.64. The van der Waals surface area contributed by atoms with E-state index in [9.17, 15) is 18.0 Å². The fourth-order valence-corrected chi connectivity index (χ4v) is 5.63. The third kappa shape index (κ3) is 3.14. The third-order valence-corrected chi connectivity index (χ3v) is 8.47. The van der Waals surface area contributed by atoms with Crippen LogP contribution >= 0.6 is 23.2 Å². The van der Waals surface area contributed by atoms with Gasteiger partial charge in [0.25, 0.3) is 5.91 Å². The molecule has 8 nitrogen and oxygen atoms in total. The lowest BCUT2D eigenvalue weighted by Crippen LogP contribution is -2.52. The van der Waals surface area contributed by atoms with Gasteiger partial charge in [0.15, 0.2) is 6.61 Å². The smallest absolute Gasteiger partial charge is 0.262 e. The topological polar surface area (TPSA) is 96.0 Å². The van der Waals surface area contributed by atoms with Gasteiger partial charge in [0.1, 0.15) is 10.1 Å². The molecular weight excluding hydrogens is 429 g/mol. The van der Waals surface area contributed by atoms with E-state index in [0.717, 1.165) is 0 Å². The minimum Gasteiger partial charge on any atom is -0.482 e. The van der Waals surface area contributed by atoms with Gasteiger partial charge in [-0.05, 0) is 31.5 Å². The lowest BCUT2D eigenvalue weighted by molar-refractivity contribution is -0.137. The predicted octanol–water partition coefficient (Wildman–Crippen LogP) is 1.43. The molecule has 3 aliphatic rings. The Balaban J connectivity index is 1.46. The van der Waals surface area contributed by atoms with Gasteiger partial charge in [-0.3, -0.25) is 9.59 Å². The zero-order chi connectivity index (χ0) is 20.3. The van der Waals surface area contributed by atoms with Crippen molar-refractivity contribution in [3.8, 4) is 5.75 Å². The number of alkyl halides is 2. The van der Waals surface area contributed by atoms with Crippen LogP contribution in [0.4, 0.5) is 5.69 Å². The number of hydrogen-bond donors (Lipinski definition) is 1. The number of rotatable bonds is 3. The highest BCUT2D eigenvalue weighted by Gasteiger charge is 2.68. The normalized spacial score (nSPS) is 26.8. The van der Waals surface area contributed by atoms with Gasteiger partial charge in [-0.2, -0.15) is 4.31 Å². The van der Waals surface area contributed by atoms with Gasteiger partial charge in [0, 0.05) is 26.2 Å². The number of halogens is 2. The first kappa shape index (κ1) is 19.8. The number of fused-ring (bicyclic) bond motifs is 1. The van der Waals surface area contributed by atoms with Gasteiger partial charge >= 0.3 is 0 Å². The third-order valence-electron chi connectivity index (χ3n) is 5.48. The number of nitrogens with one attached hydrogen (secondary N) is 1. The van der Waals surface area contributed by atoms with Gasteiger partial charge in [0.2, 0.25) is 15.9 Å². The van der Waals surface area contributed by atoms with Crippen LogP contribution in [0.3, 0.4) is 0 Å². The molecule has 1 aromatic carbocycles. The maximum absolute atomic E-state index is 13.0. The van der Waals surface area contributed by atoms with Crippen LogP contribution in [-0.2, 0) is 19.6 Å². The summed E-state index contributed by atoms with van der Waals surface area (Å²) in [5.74, 6) is -0.0575. The minimum absolute atomic E-state index is 0.0616. The Morgan fingerprint density at radius 1 is 1.21 bits per heavy atom.